The molecule has 0 aromatic carbocycles. The fraction of sp³-hybridized carbons (Fsp3) is 0.273. The maximum Gasteiger partial charge on any atom is 0.00984 e. The predicted octanol–water partition coefficient (Wildman–Crippen LogP) is 2.45. The van der Waals surface area contributed by atoms with Crippen molar-refractivity contribution >= 4 is 0 Å². The van der Waals surface area contributed by atoms with Crippen molar-refractivity contribution in [1.82, 2.24) is 0 Å². The molecule has 0 saturated carbocycles. The van der Waals surface area contributed by atoms with E-state index in [1.807, 2.05) is 0 Å². The Labute approximate surface area is 67.3 Å². The van der Waals surface area contributed by atoms with Crippen LogP contribution in [0.3, 0.4) is 0 Å². The summed E-state index contributed by atoms with van der Waals surface area (Å²) in [5.41, 5.74) is 2.88. The van der Waals surface area contributed by atoms with Crippen molar-refractivity contribution in [2.75, 3.05) is 0 Å². The van der Waals surface area contributed by atoms with Gasteiger partial charge in [0, 0.05) is 12.3 Å². The lowest BCUT2D eigenvalue weighted by molar-refractivity contribution is 0.705. The Morgan fingerprint density at radius 3 is 2.36 bits per heavy atom. The standard InChI is InChI=1S/C11H10/c1-2-3-4-11-9-5-6-10(11)8-7-9/h1,5-8,11H,3-4H2. The minimum Gasteiger partial charge on any atom is -0.120 e. The average Bonchev–Trinajstić information content (AvgIpc) is 2.59. The number of hydrogen-bond donors (Lipinski definition) is 0. The normalized spacial score (nSPS) is 19.9. The molecule has 0 aromatic heterocycles. The SMILES string of the molecule is C#CCCC1C2=CC=C1C=C2. The average molecular weight is 142 g/mol. The van der Waals surface area contributed by atoms with Crippen LogP contribution >= 0.6 is 0 Å². The number of fused-ring (bicyclic) bond motifs is 2. The molecule has 11 heavy (non-hydrogen) atoms. The first kappa shape index (κ1) is 6.49. The fourth-order valence-electron chi connectivity index (χ4n) is 1.71. The van der Waals surface area contributed by atoms with Crippen LogP contribution in [0.2, 0.25) is 0 Å². The Kier molecular flexibility index (Phi) is 1.43. The highest BCUT2D eigenvalue weighted by Crippen LogP contribution is 2.37. The zero-order valence-electron chi connectivity index (χ0n) is 6.38. The molecule has 0 atom stereocenters. The van der Waals surface area contributed by atoms with Crippen molar-refractivity contribution in [1.29, 1.82) is 0 Å². The van der Waals surface area contributed by atoms with E-state index in [2.05, 4.69) is 30.2 Å². The number of allylic oxidation sites excluding steroid dienone is 6. The summed E-state index contributed by atoms with van der Waals surface area (Å²) >= 11 is 0. The summed E-state index contributed by atoms with van der Waals surface area (Å²) < 4.78 is 0. The van der Waals surface area contributed by atoms with E-state index in [1.165, 1.54) is 11.1 Å². The van der Waals surface area contributed by atoms with Crippen molar-refractivity contribution in [3.63, 3.8) is 0 Å². The molecule has 0 unspecified atom stereocenters. The van der Waals surface area contributed by atoms with Gasteiger partial charge in [0.15, 0.2) is 0 Å². The summed E-state index contributed by atoms with van der Waals surface area (Å²) in [5.74, 6) is 3.31. The van der Waals surface area contributed by atoms with Crippen LogP contribution in [0.15, 0.2) is 35.5 Å². The Balaban J connectivity index is 2.06. The number of hydrogen-bond acceptors (Lipinski definition) is 0. The molecule has 0 saturated heterocycles. The van der Waals surface area contributed by atoms with Crippen LogP contribution < -0.4 is 0 Å². The lowest BCUT2D eigenvalue weighted by Crippen LogP contribution is -1.95. The highest BCUT2D eigenvalue weighted by Gasteiger charge is 2.23. The molecule has 2 bridgehead atoms. The summed E-state index contributed by atoms with van der Waals surface area (Å²) in [6, 6.07) is 0. The largest absolute Gasteiger partial charge is 0.120 e. The van der Waals surface area contributed by atoms with Crippen LogP contribution in [0, 0.1) is 18.3 Å². The van der Waals surface area contributed by atoms with E-state index in [0.717, 1.165) is 12.8 Å². The van der Waals surface area contributed by atoms with Crippen LogP contribution in [-0.4, -0.2) is 0 Å². The van der Waals surface area contributed by atoms with E-state index < -0.39 is 0 Å². The first-order chi connectivity index (χ1) is 5.42. The van der Waals surface area contributed by atoms with Gasteiger partial charge in [0.25, 0.3) is 0 Å². The molecular formula is C11H10. The number of terminal acetylenes is 1. The second-order valence-corrected chi connectivity index (χ2v) is 2.96. The van der Waals surface area contributed by atoms with E-state index in [-0.39, 0.29) is 0 Å². The minimum atomic E-state index is 0.631. The van der Waals surface area contributed by atoms with Gasteiger partial charge >= 0.3 is 0 Å². The van der Waals surface area contributed by atoms with E-state index >= 15 is 0 Å². The zero-order valence-corrected chi connectivity index (χ0v) is 6.38. The third-order valence-corrected chi connectivity index (χ3v) is 2.32. The zero-order chi connectivity index (χ0) is 7.68. The second-order valence-electron chi connectivity index (χ2n) is 2.96. The molecule has 0 N–H and O–H groups in total. The van der Waals surface area contributed by atoms with Gasteiger partial charge < -0.3 is 0 Å². The Morgan fingerprint density at radius 1 is 1.27 bits per heavy atom. The third kappa shape index (κ3) is 0.935. The molecule has 0 amide bonds. The van der Waals surface area contributed by atoms with Crippen LogP contribution in [-0.2, 0) is 0 Å². The van der Waals surface area contributed by atoms with Crippen LogP contribution in [0.5, 0.6) is 0 Å². The van der Waals surface area contributed by atoms with Gasteiger partial charge in [-0.15, -0.1) is 12.3 Å². The van der Waals surface area contributed by atoms with Gasteiger partial charge in [0.05, 0.1) is 0 Å². The van der Waals surface area contributed by atoms with Crippen LogP contribution in [0.25, 0.3) is 0 Å². The lowest BCUT2D eigenvalue weighted by Gasteiger charge is -2.06. The van der Waals surface area contributed by atoms with Gasteiger partial charge in [-0.3, -0.25) is 0 Å². The Morgan fingerprint density at radius 2 is 1.91 bits per heavy atom. The minimum absolute atomic E-state index is 0.631. The second kappa shape index (κ2) is 2.43. The van der Waals surface area contributed by atoms with Gasteiger partial charge in [0.1, 0.15) is 0 Å². The van der Waals surface area contributed by atoms with Gasteiger partial charge in [-0.1, -0.05) is 24.3 Å². The lowest BCUT2D eigenvalue weighted by atomic mass is 9.97. The maximum atomic E-state index is 5.21. The van der Waals surface area contributed by atoms with E-state index in [0.29, 0.717) is 5.92 Å². The van der Waals surface area contributed by atoms with Crippen molar-refractivity contribution in [2.45, 2.75) is 12.8 Å². The van der Waals surface area contributed by atoms with Gasteiger partial charge in [-0.25, -0.2) is 0 Å². The van der Waals surface area contributed by atoms with Crippen LogP contribution in [0.4, 0.5) is 0 Å². The third-order valence-electron chi connectivity index (χ3n) is 2.32. The van der Waals surface area contributed by atoms with Crippen molar-refractivity contribution in [3.8, 4) is 12.3 Å². The smallest absolute Gasteiger partial charge is 0.00984 e. The summed E-state index contributed by atoms with van der Waals surface area (Å²) in [6.45, 7) is 0. The molecule has 0 radical (unpaired) electrons. The van der Waals surface area contributed by atoms with E-state index in [4.69, 9.17) is 6.42 Å². The van der Waals surface area contributed by atoms with E-state index in [1.54, 1.807) is 0 Å². The van der Waals surface area contributed by atoms with Crippen LogP contribution in [0.1, 0.15) is 12.8 Å². The molecule has 54 valence electrons. The molecule has 0 nitrogen and oxygen atoms in total. The maximum absolute atomic E-state index is 5.21. The first-order valence-corrected chi connectivity index (χ1v) is 3.95. The monoisotopic (exact) mass is 142 g/mol. The summed E-state index contributed by atoms with van der Waals surface area (Å²) in [6.07, 6.45) is 16.0. The Hall–Kier alpha value is -1.22. The topological polar surface area (TPSA) is 0 Å². The molecular weight excluding hydrogens is 132 g/mol. The predicted molar refractivity (Wildman–Crippen MR) is 46.9 cm³/mol. The van der Waals surface area contributed by atoms with Crippen molar-refractivity contribution in [2.24, 2.45) is 5.92 Å². The van der Waals surface area contributed by atoms with Gasteiger partial charge in [0.2, 0.25) is 0 Å². The van der Waals surface area contributed by atoms with Gasteiger partial charge in [-0.05, 0) is 17.6 Å². The fourth-order valence-corrected chi connectivity index (χ4v) is 1.71. The van der Waals surface area contributed by atoms with Gasteiger partial charge in [-0.2, -0.15) is 0 Å². The molecule has 0 aromatic rings. The Bertz CT molecular complexity index is 272. The first-order valence-electron chi connectivity index (χ1n) is 3.95. The highest BCUT2D eigenvalue weighted by atomic mass is 14.3. The highest BCUT2D eigenvalue weighted by molar-refractivity contribution is 5.52. The molecule has 0 heterocycles. The van der Waals surface area contributed by atoms with Crippen molar-refractivity contribution < 1.29 is 0 Å². The molecule has 0 spiro atoms. The van der Waals surface area contributed by atoms with E-state index in [9.17, 15) is 0 Å². The molecule has 0 aliphatic heterocycles. The molecule has 2 aliphatic rings. The summed E-state index contributed by atoms with van der Waals surface area (Å²) in [5, 5.41) is 0. The van der Waals surface area contributed by atoms with Crippen molar-refractivity contribution in [3.05, 3.63) is 35.5 Å². The summed E-state index contributed by atoms with van der Waals surface area (Å²) in [4.78, 5) is 0. The summed E-state index contributed by atoms with van der Waals surface area (Å²) in [7, 11) is 0. The molecule has 2 rings (SSSR count). The molecule has 2 aliphatic carbocycles. The number of rotatable bonds is 2. The molecule has 0 fully saturated rings. The quantitative estimate of drug-likeness (QED) is 0.519. The molecule has 0 heteroatoms.